The number of rotatable bonds is 6. The second-order valence-corrected chi connectivity index (χ2v) is 13.9. The molecule has 0 spiro atoms. The van der Waals surface area contributed by atoms with E-state index >= 15 is 0 Å². The summed E-state index contributed by atoms with van der Waals surface area (Å²) < 4.78 is 0. The molecule has 8 atom stereocenters. The summed E-state index contributed by atoms with van der Waals surface area (Å²) in [6, 6.07) is 0. The smallest absolute Gasteiger partial charge is 0.0602 e. The molecule has 0 saturated heterocycles. The van der Waals surface area contributed by atoms with Crippen LogP contribution >= 0.6 is 0 Å². The molecular weight excluding hydrogens is 404 g/mol. The maximum atomic E-state index is 11.8. The van der Waals surface area contributed by atoms with Gasteiger partial charge in [0, 0.05) is 0 Å². The zero-order valence-corrected chi connectivity index (χ0v) is 22.5. The first kappa shape index (κ1) is 26.0. The van der Waals surface area contributed by atoms with Gasteiger partial charge in [0.05, 0.1) is 12.2 Å². The lowest BCUT2D eigenvalue weighted by Gasteiger charge is -2.52. The Balaban J connectivity index is 1.51. The Hall–Kier alpha value is -0.0800. The average Bonchev–Trinajstić information content (AvgIpc) is 2.82. The molecule has 4 aliphatic rings. The van der Waals surface area contributed by atoms with Gasteiger partial charge in [-0.3, -0.25) is 0 Å². The maximum absolute atomic E-state index is 11.8. The first-order chi connectivity index (χ1) is 15.8. The second kappa shape index (κ2) is 10.9. The van der Waals surface area contributed by atoms with Crippen molar-refractivity contribution in [1.29, 1.82) is 0 Å². The van der Waals surface area contributed by atoms with Crippen LogP contribution in [0.4, 0.5) is 0 Å². The minimum absolute atomic E-state index is 0.158. The van der Waals surface area contributed by atoms with E-state index in [0.717, 1.165) is 18.3 Å². The molecule has 2 nitrogen and oxygen atoms in total. The maximum Gasteiger partial charge on any atom is 0.0602 e. The highest BCUT2D eigenvalue weighted by Crippen LogP contribution is 2.55. The summed E-state index contributed by atoms with van der Waals surface area (Å²) >= 11 is 0. The van der Waals surface area contributed by atoms with Crippen LogP contribution in [-0.4, -0.2) is 22.4 Å². The molecule has 0 bridgehead atoms. The quantitative estimate of drug-likeness (QED) is 0.420. The Labute approximate surface area is 205 Å². The summed E-state index contributed by atoms with van der Waals surface area (Å²) in [5.74, 6) is 3.24. The van der Waals surface area contributed by atoms with E-state index in [2.05, 4.69) is 27.7 Å². The first-order valence-electron chi connectivity index (χ1n) is 15.2. The van der Waals surface area contributed by atoms with E-state index < -0.39 is 0 Å². The van der Waals surface area contributed by atoms with E-state index in [9.17, 15) is 10.2 Å². The molecule has 33 heavy (non-hydrogen) atoms. The van der Waals surface area contributed by atoms with Crippen molar-refractivity contribution in [3.05, 3.63) is 0 Å². The van der Waals surface area contributed by atoms with Crippen LogP contribution in [0, 0.1) is 46.3 Å². The van der Waals surface area contributed by atoms with Gasteiger partial charge in [0.1, 0.15) is 0 Å². The third-order valence-electron chi connectivity index (χ3n) is 11.8. The summed E-state index contributed by atoms with van der Waals surface area (Å²) in [5, 5.41) is 23.6. The standard InChI is InChI=1S/C31H56O2/c1-5-22-17-24(28(32)26(19-22)30(3)13-9-7-10-14-30)21-25-18-23(6-2)20-27(29(25)33)31(4)15-11-8-12-16-31/h22-29,32-33H,5-21H2,1-4H3. The normalized spacial score (nSPS) is 43.8. The van der Waals surface area contributed by atoms with Gasteiger partial charge in [-0.1, -0.05) is 79.1 Å². The predicted octanol–water partition coefficient (Wildman–Crippen LogP) is 8.14. The molecule has 4 fully saturated rings. The van der Waals surface area contributed by atoms with E-state index in [0.29, 0.717) is 34.5 Å². The summed E-state index contributed by atoms with van der Waals surface area (Å²) in [6.45, 7) is 9.72. The first-order valence-corrected chi connectivity index (χ1v) is 15.2. The number of hydrogen-bond acceptors (Lipinski definition) is 2. The second-order valence-electron chi connectivity index (χ2n) is 13.9. The molecule has 0 aromatic carbocycles. The van der Waals surface area contributed by atoms with Crippen LogP contribution in [-0.2, 0) is 0 Å². The van der Waals surface area contributed by atoms with E-state index in [1.807, 2.05) is 0 Å². The van der Waals surface area contributed by atoms with Crippen LogP contribution in [0.2, 0.25) is 0 Å². The zero-order valence-electron chi connectivity index (χ0n) is 22.5. The molecule has 4 saturated carbocycles. The largest absolute Gasteiger partial charge is 0.393 e. The molecule has 4 aliphatic carbocycles. The van der Waals surface area contributed by atoms with Crippen LogP contribution in [0.1, 0.15) is 137 Å². The van der Waals surface area contributed by atoms with E-state index in [1.165, 1.54) is 103 Å². The monoisotopic (exact) mass is 460 g/mol. The van der Waals surface area contributed by atoms with Gasteiger partial charge in [0.2, 0.25) is 0 Å². The predicted molar refractivity (Wildman–Crippen MR) is 139 cm³/mol. The Morgan fingerprint density at radius 1 is 0.576 bits per heavy atom. The fourth-order valence-electron chi connectivity index (χ4n) is 9.36. The van der Waals surface area contributed by atoms with Crippen molar-refractivity contribution in [2.24, 2.45) is 46.3 Å². The summed E-state index contributed by atoms with van der Waals surface area (Å²) in [5.41, 5.74) is 0.665. The molecule has 0 aromatic rings. The fraction of sp³-hybridized carbons (Fsp3) is 1.00. The number of aliphatic hydroxyl groups is 2. The minimum Gasteiger partial charge on any atom is -0.393 e. The highest BCUT2D eigenvalue weighted by atomic mass is 16.3. The van der Waals surface area contributed by atoms with Crippen LogP contribution < -0.4 is 0 Å². The van der Waals surface area contributed by atoms with Gasteiger partial charge in [-0.25, -0.2) is 0 Å². The number of aliphatic hydroxyl groups excluding tert-OH is 2. The number of hydrogen-bond donors (Lipinski definition) is 2. The molecular formula is C31H56O2. The van der Waals surface area contributed by atoms with Crippen LogP contribution in [0.15, 0.2) is 0 Å². The third kappa shape index (κ3) is 5.52. The van der Waals surface area contributed by atoms with Gasteiger partial charge >= 0.3 is 0 Å². The van der Waals surface area contributed by atoms with Gasteiger partial charge in [0.25, 0.3) is 0 Å². The Morgan fingerprint density at radius 2 is 0.939 bits per heavy atom. The molecule has 8 unspecified atom stereocenters. The lowest BCUT2D eigenvalue weighted by Crippen LogP contribution is -2.49. The Kier molecular flexibility index (Phi) is 8.58. The van der Waals surface area contributed by atoms with E-state index in [1.54, 1.807) is 0 Å². The van der Waals surface area contributed by atoms with Crippen LogP contribution in [0.3, 0.4) is 0 Å². The molecule has 2 N–H and O–H groups in total. The lowest BCUT2D eigenvalue weighted by molar-refractivity contribution is -0.106. The topological polar surface area (TPSA) is 40.5 Å². The van der Waals surface area contributed by atoms with Gasteiger partial charge in [-0.15, -0.1) is 0 Å². The van der Waals surface area contributed by atoms with Crippen LogP contribution in [0.25, 0.3) is 0 Å². The van der Waals surface area contributed by atoms with Crippen molar-refractivity contribution >= 4 is 0 Å². The average molecular weight is 461 g/mol. The van der Waals surface area contributed by atoms with Gasteiger partial charge in [0.15, 0.2) is 0 Å². The SMILES string of the molecule is CCC1CC(CC2CC(CC)CC(C3(C)CCCCC3)C2O)C(O)C(C2(C)CCCCC2)C1. The van der Waals surface area contributed by atoms with Crippen molar-refractivity contribution in [1.82, 2.24) is 0 Å². The summed E-state index contributed by atoms with van der Waals surface area (Å²) in [6.07, 6.45) is 21.5. The molecule has 0 aliphatic heterocycles. The van der Waals surface area contributed by atoms with E-state index in [-0.39, 0.29) is 12.2 Å². The minimum atomic E-state index is -0.158. The highest BCUT2D eigenvalue weighted by Gasteiger charge is 2.50. The molecule has 0 amide bonds. The van der Waals surface area contributed by atoms with E-state index in [4.69, 9.17) is 0 Å². The third-order valence-corrected chi connectivity index (χ3v) is 11.8. The Morgan fingerprint density at radius 3 is 1.27 bits per heavy atom. The van der Waals surface area contributed by atoms with Gasteiger partial charge in [-0.05, 0) is 104 Å². The molecule has 192 valence electrons. The van der Waals surface area contributed by atoms with Gasteiger partial charge in [-0.2, -0.15) is 0 Å². The highest BCUT2D eigenvalue weighted by molar-refractivity contribution is 5.00. The van der Waals surface area contributed by atoms with Crippen molar-refractivity contribution in [3.63, 3.8) is 0 Å². The van der Waals surface area contributed by atoms with Crippen molar-refractivity contribution < 1.29 is 10.2 Å². The van der Waals surface area contributed by atoms with Crippen molar-refractivity contribution in [2.75, 3.05) is 0 Å². The molecule has 0 radical (unpaired) electrons. The summed E-state index contributed by atoms with van der Waals surface area (Å²) in [4.78, 5) is 0. The van der Waals surface area contributed by atoms with Crippen molar-refractivity contribution in [2.45, 2.75) is 149 Å². The van der Waals surface area contributed by atoms with Gasteiger partial charge < -0.3 is 10.2 Å². The Bertz CT molecular complexity index is 550. The van der Waals surface area contributed by atoms with Crippen molar-refractivity contribution in [3.8, 4) is 0 Å². The molecule has 0 aromatic heterocycles. The zero-order chi connectivity index (χ0) is 23.6. The molecule has 0 heterocycles. The van der Waals surface area contributed by atoms with Crippen LogP contribution in [0.5, 0.6) is 0 Å². The molecule has 2 heteroatoms. The molecule has 4 rings (SSSR count). The lowest BCUT2D eigenvalue weighted by atomic mass is 9.54. The summed E-state index contributed by atoms with van der Waals surface area (Å²) in [7, 11) is 0. The fourth-order valence-corrected chi connectivity index (χ4v) is 9.36.